The fraction of sp³-hybridized carbons (Fsp3) is 0.727. The van der Waals surface area contributed by atoms with Gasteiger partial charge in [-0.2, -0.15) is 0 Å². The van der Waals surface area contributed by atoms with Crippen molar-refractivity contribution >= 4 is 5.78 Å². The lowest BCUT2D eigenvalue weighted by atomic mass is 9.83. The number of allylic oxidation sites excluding steroid dienone is 2. The normalized spacial score (nSPS) is 33.2. The summed E-state index contributed by atoms with van der Waals surface area (Å²) in [6, 6.07) is 0. The largest absolute Gasteiger partial charge is 0.299 e. The summed E-state index contributed by atoms with van der Waals surface area (Å²) in [5.74, 6) is 1.45. The van der Waals surface area contributed by atoms with Crippen LogP contribution in [0.2, 0.25) is 0 Å². The second-order valence-corrected chi connectivity index (χ2v) is 4.40. The molecule has 0 aromatic carbocycles. The van der Waals surface area contributed by atoms with Gasteiger partial charge in [0, 0.05) is 11.8 Å². The van der Waals surface area contributed by atoms with Gasteiger partial charge in [-0.05, 0) is 38.5 Å². The maximum absolute atomic E-state index is 11.8. The van der Waals surface area contributed by atoms with Crippen molar-refractivity contribution in [3.05, 3.63) is 11.1 Å². The molecule has 0 bridgehead atoms. The summed E-state index contributed by atoms with van der Waals surface area (Å²) in [6.45, 7) is 0. The molecule has 0 N–H and O–H groups in total. The lowest BCUT2D eigenvalue weighted by Crippen LogP contribution is -2.18. The standard InChI is InChI=1S/C11H14O/c12-11(8-1-2-8)10-6-4-7-3-5-9(7)10/h8,10H,1-6H2. The van der Waals surface area contributed by atoms with Gasteiger partial charge in [0.05, 0.1) is 0 Å². The Labute approximate surface area is 72.8 Å². The number of Topliss-reactive ketones (excluding diaryl/α,β-unsaturated/α-hetero) is 1. The van der Waals surface area contributed by atoms with Gasteiger partial charge < -0.3 is 0 Å². The van der Waals surface area contributed by atoms with Crippen molar-refractivity contribution in [2.45, 2.75) is 38.5 Å². The first-order valence-corrected chi connectivity index (χ1v) is 5.11. The molecule has 0 aromatic rings. The number of carbonyl (C=O) groups excluding carboxylic acids is 1. The van der Waals surface area contributed by atoms with E-state index in [2.05, 4.69) is 0 Å². The zero-order valence-electron chi connectivity index (χ0n) is 7.31. The van der Waals surface area contributed by atoms with Crippen molar-refractivity contribution in [2.24, 2.45) is 11.8 Å². The highest BCUT2D eigenvalue weighted by atomic mass is 16.1. The number of hydrogen-bond donors (Lipinski definition) is 0. The molecule has 64 valence electrons. The predicted molar refractivity (Wildman–Crippen MR) is 46.7 cm³/mol. The Morgan fingerprint density at radius 2 is 1.92 bits per heavy atom. The fourth-order valence-corrected chi connectivity index (χ4v) is 2.61. The Bertz CT molecular complexity index is 271. The number of carbonyl (C=O) groups is 1. The van der Waals surface area contributed by atoms with Crippen molar-refractivity contribution in [1.82, 2.24) is 0 Å². The molecule has 0 radical (unpaired) electrons. The fourth-order valence-electron chi connectivity index (χ4n) is 2.61. The Kier molecular flexibility index (Phi) is 1.27. The highest BCUT2D eigenvalue weighted by molar-refractivity contribution is 5.88. The van der Waals surface area contributed by atoms with Crippen LogP contribution in [0.25, 0.3) is 0 Å². The first-order valence-electron chi connectivity index (χ1n) is 5.11. The maximum atomic E-state index is 11.8. The van der Waals surface area contributed by atoms with E-state index in [4.69, 9.17) is 0 Å². The molecule has 0 aromatic heterocycles. The third-order valence-corrected chi connectivity index (χ3v) is 3.63. The summed E-state index contributed by atoms with van der Waals surface area (Å²) in [5.41, 5.74) is 3.18. The molecule has 1 heteroatoms. The lowest BCUT2D eigenvalue weighted by molar-refractivity contribution is -0.123. The summed E-state index contributed by atoms with van der Waals surface area (Å²) in [4.78, 5) is 11.8. The van der Waals surface area contributed by atoms with Gasteiger partial charge in [-0.15, -0.1) is 0 Å². The summed E-state index contributed by atoms with van der Waals surface area (Å²) in [6.07, 6.45) is 7.27. The van der Waals surface area contributed by atoms with Gasteiger partial charge >= 0.3 is 0 Å². The molecule has 3 aliphatic carbocycles. The van der Waals surface area contributed by atoms with E-state index in [0.29, 0.717) is 17.6 Å². The molecular formula is C11H14O. The molecule has 1 fully saturated rings. The van der Waals surface area contributed by atoms with E-state index in [1.54, 1.807) is 11.1 Å². The van der Waals surface area contributed by atoms with Gasteiger partial charge in [0.1, 0.15) is 5.78 Å². The third-order valence-electron chi connectivity index (χ3n) is 3.63. The minimum absolute atomic E-state index is 0.390. The van der Waals surface area contributed by atoms with E-state index in [9.17, 15) is 4.79 Å². The minimum Gasteiger partial charge on any atom is -0.299 e. The topological polar surface area (TPSA) is 17.1 Å². The van der Waals surface area contributed by atoms with Gasteiger partial charge in [0.25, 0.3) is 0 Å². The predicted octanol–water partition coefficient (Wildman–Crippen LogP) is 2.47. The monoisotopic (exact) mass is 162 g/mol. The molecule has 0 amide bonds. The van der Waals surface area contributed by atoms with Crippen LogP contribution in [0.1, 0.15) is 38.5 Å². The van der Waals surface area contributed by atoms with Crippen molar-refractivity contribution < 1.29 is 4.79 Å². The molecule has 0 aliphatic heterocycles. The summed E-state index contributed by atoms with van der Waals surface area (Å²) in [5, 5.41) is 0. The van der Waals surface area contributed by atoms with E-state index in [1.807, 2.05) is 0 Å². The SMILES string of the molecule is O=C(C1CC1)C1CCC2=C1CC2. The van der Waals surface area contributed by atoms with E-state index >= 15 is 0 Å². The third kappa shape index (κ3) is 0.825. The molecule has 12 heavy (non-hydrogen) atoms. The number of rotatable bonds is 2. The molecule has 1 unspecified atom stereocenters. The van der Waals surface area contributed by atoms with Crippen LogP contribution in [0, 0.1) is 11.8 Å². The minimum atomic E-state index is 0.390. The van der Waals surface area contributed by atoms with Crippen LogP contribution in [-0.2, 0) is 4.79 Å². The van der Waals surface area contributed by atoms with E-state index in [-0.39, 0.29) is 0 Å². The quantitative estimate of drug-likeness (QED) is 0.570. The van der Waals surface area contributed by atoms with Gasteiger partial charge in [0.15, 0.2) is 0 Å². The Morgan fingerprint density at radius 1 is 1.08 bits per heavy atom. The molecule has 0 saturated heterocycles. The number of hydrogen-bond acceptors (Lipinski definition) is 1. The highest BCUT2D eigenvalue weighted by Gasteiger charge is 2.41. The van der Waals surface area contributed by atoms with Crippen LogP contribution in [0.3, 0.4) is 0 Å². The van der Waals surface area contributed by atoms with E-state index < -0.39 is 0 Å². The Hall–Kier alpha value is -0.590. The molecule has 3 rings (SSSR count). The van der Waals surface area contributed by atoms with E-state index in [1.165, 1.54) is 32.1 Å². The van der Waals surface area contributed by atoms with Crippen molar-refractivity contribution in [3.8, 4) is 0 Å². The second kappa shape index (κ2) is 2.21. The molecular weight excluding hydrogens is 148 g/mol. The Balaban J connectivity index is 1.80. The molecule has 1 saturated carbocycles. The van der Waals surface area contributed by atoms with Crippen LogP contribution in [-0.4, -0.2) is 5.78 Å². The molecule has 0 spiro atoms. The molecule has 0 heterocycles. The van der Waals surface area contributed by atoms with Crippen molar-refractivity contribution in [2.75, 3.05) is 0 Å². The summed E-state index contributed by atoms with van der Waals surface area (Å²) in [7, 11) is 0. The highest BCUT2D eigenvalue weighted by Crippen LogP contribution is 2.48. The van der Waals surface area contributed by atoms with Gasteiger partial charge in [0.2, 0.25) is 0 Å². The first kappa shape index (κ1) is 6.88. The zero-order valence-corrected chi connectivity index (χ0v) is 7.31. The summed E-state index contributed by atoms with van der Waals surface area (Å²) < 4.78 is 0. The van der Waals surface area contributed by atoms with Crippen molar-refractivity contribution in [1.29, 1.82) is 0 Å². The maximum Gasteiger partial charge on any atom is 0.143 e. The van der Waals surface area contributed by atoms with Crippen molar-refractivity contribution in [3.63, 3.8) is 0 Å². The van der Waals surface area contributed by atoms with Gasteiger partial charge in [-0.25, -0.2) is 0 Å². The lowest BCUT2D eigenvalue weighted by Gasteiger charge is -2.21. The van der Waals surface area contributed by atoms with Crippen LogP contribution in [0.4, 0.5) is 0 Å². The Morgan fingerprint density at radius 3 is 2.42 bits per heavy atom. The zero-order chi connectivity index (χ0) is 8.13. The van der Waals surface area contributed by atoms with Crippen LogP contribution in [0.5, 0.6) is 0 Å². The first-order chi connectivity index (χ1) is 5.86. The molecule has 1 nitrogen and oxygen atoms in total. The summed E-state index contributed by atoms with van der Waals surface area (Å²) >= 11 is 0. The molecule has 3 aliphatic rings. The van der Waals surface area contributed by atoms with E-state index in [0.717, 1.165) is 6.42 Å². The van der Waals surface area contributed by atoms with Crippen LogP contribution >= 0.6 is 0 Å². The molecule has 1 atom stereocenters. The van der Waals surface area contributed by atoms with Crippen LogP contribution in [0.15, 0.2) is 11.1 Å². The van der Waals surface area contributed by atoms with Gasteiger partial charge in [-0.3, -0.25) is 4.79 Å². The second-order valence-electron chi connectivity index (χ2n) is 4.40. The van der Waals surface area contributed by atoms with Gasteiger partial charge in [-0.1, -0.05) is 11.1 Å². The smallest absolute Gasteiger partial charge is 0.143 e. The average Bonchev–Trinajstić information content (AvgIpc) is 2.78. The average molecular weight is 162 g/mol. The van der Waals surface area contributed by atoms with Crippen LogP contribution < -0.4 is 0 Å². The number of ketones is 1.